The zero-order valence-corrected chi connectivity index (χ0v) is 12.1. The quantitative estimate of drug-likeness (QED) is 0.760. The first-order chi connectivity index (χ1) is 8.67. The predicted octanol–water partition coefficient (Wildman–Crippen LogP) is 3.42. The number of pyridine rings is 1. The molecule has 0 spiro atoms. The monoisotopic (exact) mass is 269 g/mol. The molecule has 1 rings (SSSR count). The minimum absolute atomic E-state index is 0.563. The molecule has 0 aromatic carbocycles. The molecule has 3 nitrogen and oxygen atoms in total. The molecule has 1 aromatic heterocycles. The molecule has 0 radical (unpaired) electrons. The summed E-state index contributed by atoms with van der Waals surface area (Å²) in [5.41, 5.74) is 6.92. The van der Waals surface area contributed by atoms with Crippen LogP contribution in [0.4, 0.5) is 5.82 Å². The van der Waals surface area contributed by atoms with Gasteiger partial charge in [0, 0.05) is 12.2 Å². The summed E-state index contributed by atoms with van der Waals surface area (Å²) in [6.07, 6.45) is 7.18. The number of nitrogens with zero attached hydrogens (tertiary/aromatic N) is 1. The van der Waals surface area contributed by atoms with E-state index in [2.05, 4.69) is 24.1 Å². The molecule has 102 valence electrons. The first-order valence-electron chi connectivity index (χ1n) is 6.80. The van der Waals surface area contributed by atoms with E-state index in [4.69, 9.17) is 17.3 Å². The third kappa shape index (κ3) is 5.23. The van der Waals surface area contributed by atoms with Crippen LogP contribution >= 0.6 is 11.6 Å². The second kappa shape index (κ2) is 8.33. The van der Waals surface area contributed by atoms with Gasteiger partial charge in [-0.25, -0.2) is 4.98 Å². The van der Waals surface area contributed by atoms with Crippen LogP contribution in [-0.4, -0.2) is 17.6 Å². The minimum Gasteiger partial charge on any atom is -0.383 e. The minimum atomic E-state index is 0.563. The predicted molar refractivity (Wildman–Crippen MR) is 79.0 cm³/mol. The van der Waals surface area contributed by atoms with Gasteiger partial charge in [-0.3, -0.25) is 0 Å². The van der Waals surface area contributed by atoms with Crippen LogP contribution in [-0.2, 0) is 6.42 Å². The summed E-state index contributed by atoms with van der Waals surface area (Å²) in [6.45, 7) is 5.48. The van der Waals surface area contributed by atoms with Crippen LogP contribution in [0.5, 0.6) is 0 Å². The van der Waals surface area contributed by atoms with Crippen LogP contribution in [0.3, 0.4) is 0 Å². The van der Waals surface area contributed by atoms with E-state index in [-0.39, 0.29) is 0 Å². The molecule has 0 fully saturated rings. The summed E-state index contributed by atoms with van der Waals surface area (Å²) in [5, 5.41) is 4.24. The first kappa shape index (κ1) is 15.3. The second-order valence-corrected chi connectivity index (χ2v) is 5.11. The normalized spacial score (nSPS) is 12.6. The maximum atomic E-state index is 5.94. The summed E-state index contributed by atoms with van der Waals surface area (Å²) in [5.74, 6) is 0.602. The molecule has 0 amide bonds. The van der Waals surface area contributed by atoms with Crippen LogP contribution in [0.1, 0.15) is 45.1 Å². The molecule has 1 aromatic rings. The molecule has 0 aliphatic rings. The van der Waals surface area contributed by atoms with Gasteiger partial charge in [-0.1, -0.05) is 31.9 Å². The number of nitrogen functional groups attached to an aromatic ring is 1. The maximum absolute atomic E-state index is 5.94. The summed E-state index contributed by atoms with van der Waals surface area (Å²) in [6, 6.07) is 2.49. The molecular weight excluding hydrogens is 246 g/mol. The van der Waals surface area contributed by atoms with Crippen molar-refractivity contribution in [2.24, 2.45) is 0 Å². The Kier molecular flexibility index (Phi) is 7.06. The lowest BCUT2D eigenvalue weighted by atomic mass is 10.0. The Morgan fingerprint density at radius 2 is 2.11 bits per heavy atom. The van der Waals surface area contributed by atoms with Crippen LogP contribution < -0.4 is 11.1 Å². The van der Waals surface area contributed by atoms with Crippen LogP contribution in [0.2, 0.25) is 5.02 Å². The fourth-order valence-corrected chi connectivity index (χ4v) is 2.25. The van der Waals surface area contributed by atoms with E-state index in [9.17, 15) is 0 Å². The lowest BCUT2D eigenvalue weighted by molar-refractivity contribution is 0.449. The van der Waals surface area contributed by atoms with Gasteiger partial charge < -0.3 is 11.1 Å². The zero-order chi connectivity index (χ0) is 13.4. The highest BCUT2D eigenvalue weighted by atomic mass is 35.5. The van der Waals surface area contributed by atoms with Gasteiger partial charge in [0.2, 0.25) is 0 Å². The second-order valence-electron chi connectivity index (χ2n) is 4.68. The van der Waals surface area contributed by atoms with Crippen molar-refractivity contribution in [3.05, 3.63) is 22.8 Å². The number of aryl methyl sites for hydroxylation is 1. The molecule has 1 atom stereocenters. The van der Waals surface area contributed by atoms with Crippen LogP contribution in [0, 0.1) is 0 Å². The van der Waals surface area contributed by atoms with E-state index >= 15 is 0 Å². The summed E-state index contributed by atoms with van der Waals surface area (Å²) < 4.78 is 0. The van der Waals surface area contributed by atoms with Gasteiger partial charge in [0.15, 0.2) is 0 Å². The third-order valence-electron chi connectivity index (χ3n) is 3.05. The first-order valence-corrected chi connectivity index (χ1v) is 7.18. The van der Waals surface area contributed by atoms with Crippen molar-refractivity contribution in [3.63, 3.8) is 0 Å². The fraction of sp³-hybridized carbons (Fsp3) is 0.643. The van der Waals surface area contributed by atoms with Gasteiger partial charge in [0.05, 0.1) is 5.02 Å². The van der Waals surface area contributed by atoms with Crippen molar-refractivity contribution in [2.75, 3.05) is 12.3 Å². The van der Waals surface area contributed by atoms with E-state index < -0.39 is 0 Å². The Hall–Kier alpha value is -0.800. The number of nitrogens with one attached hydrogen (secondary N) is 1. The number of rotatable bonds is 8. The van der Waals surface area contributed by atoms with Crippen molar-refractivity contribution < 1.29 is 0 Å². The van der Waals surface area contributed by atoms with Gasteiger partial charge in [-0.05, 0) is 43.9 Å². The summed E-state index contributed by atoms with van der Waals surface area (Å²) in [7, 11) is 0. The third-order valence-corrected chi connectivity index (χ3v) is 3.26. The molecule has 0 bridgehead atoms. The van der Waals surface area contributed by atoms with Crippen molar-refractivity contribution in [1.29, 1.82) is 0 Å². The highest BCUT2D eigenvalue weighted by Crippen LogP contribution is 2.18. The molecule has 18 heavy (non-hydrogen) atoms. The van der Waals surface area contributed by atoms with E-state index in [0.717, 1.165) is 24.9 Å². The zero-order valence-electron chi connectivity index (χ0n) is 11.4. The van der Waals surface area contributed by atoms with Gasteiger partial charge in [0.25, 0.3) is 0 Å². The summed E-state index contributed by atoms with van der Waals surface area (Å²) >= 11 is 5.94. The van der Waals surface area contributed by atoms with Crippen LogP contribution in [0.25, 0.3) is 0 Å². The maximum Gasteiger partial charge on any atom is 0.126 e. The molecule has 4 heteroatoms. The molecule has 0 saturated carbocycles. The van der Waals surface area contributed by atoms with Crippen molar-refractivity contribution in [2.45, 2.75) is 52.0 Å². The summed E-state index contributed by atoms with van der Waals surface area (Å²) in [4.78, 5) is 4.09. The lowest BCUT2D eigenvalue weighted by Gasteiger charge is -2.18. The van der Waals surface area contributed by atoms with E-state index in [0.29, 0.717) is 16.9 Å². The van der Waals surface area contributed by atoms with Gasteiger partial charge >= 0.3 is 0 Å². The number of hydrogen-bond acceptors (Lipinski definition) is 3. The number of halogens is 1. The Labute approximate surface area is 115 Å². The fourth-order valence-electron chi connectivity index (χ4n) is 2.07. The van der Waals surface area contributed by atoms with Crippen molar-refractivity contribution in [3.8, 4) is 0 Å². The lowest BCUT2D eigenvalue weighted by Crippen LogP contribution is -2.30. The molecule has 3 N–H and O–H groups in total. The molecule has 1 heterocycles. The molecule has 1 unspecified atom stereocenters. The SMILES string of the molecule is CCCNC(CCC)CCc1cc(Cl)cnc1N. The topological polar surface area (TPSA) is 50.9 Å². The molecular formula is C14H24ClN3. The average Bonchev–Trinajstić information content (AvgIpc) is 2.36. The standard InChI is InChI=1S/C14H24ClN3/c1-3-5-13(17-8-4-2)7-6-11-9-12(15)10-18-14(11)16/h9-10,13,17H,3-8H2,1-2H3,(H2,16,18). The number of aromatic nitrogens is 1. The highest BCUT2D eigenvalue weighted by Gasteiger charge is 2.09. The number of anilines is 1. The van der Waals surface area contributed by atoms with E-state index in [1.54, 1.807) is 6.20 Å². The Bertz CT molecular complexity index is 355. The van der Waals surface area contributed by atoms with Crippen LogP contribution in [0.15, 0.2) is 12.3 Å². The van der Waals surface area contributed by atoms with Crippen molar-refractivity contribution in [1.82, 2.24) is 10.3 Å². The average molecular weight is 270 g/mol. The van der Waals surface area contributed by atoms with Crippen molar-refractivity contribution >= 4 is 17.4 Å². The largest absolute Gasteiger partial charge is 0.383 e. The van der Waals surface area contributed by atoms with Gasteiger partial charge in [-0.15, -0.1) is 0 Å². The molecule has 0 aliphatic heterocycles. The Morgan fingerprint density at radius 1 is 1.33 bits per heavy atom. The van der Waals surface area contributed by atoms with Gasteiger partial charge in [0.1, 0.15) is 5.82 Å². The molecule has 0 aliphatic carbocycles. The highest BCUT2D eigenvalue weighted by molar-refractivity contribution is 6.30. The smallest absolute Gasteiger partial charge is 0.126 e. The Balaban J connectivity index is 2.52. The van der Waals surface area contributed by atoms with E-state index in [1.165, 1.54) is 19.3 Å². The van der Waals surface area contributed by atoms with Gasteiger partial charge in [-0.2, -0.15) is 0 Å². The number of hydrogen-bond donors (Lipinski definition) is 2. The van der Waals surface area contributed by atoms with E-state index in [1.807, 2.05) is 6.07 Å². The molecule has 0 saturated heterocycles. The Morgan fingerprint density at radius 3 is 2.78 bits per heavy atom. The number of nitrogens with two attached hydrogens (primary N) is 1.